The highest BCUT2D eigenvalue weighted by Crippen LogP contribution is 2.29. The van der Waals surface area contributed by atoms with Gasteiger partial charge in [-0.3, -0.25) is 9.69 Å². The molecule has 0 radical (unpaired) electrons. The zero-order valence-corrected chi connectivity index (χ0v) is 16.7. The molecule has 1 aromatic carbocycles. The lowest BCUT2D eigenvalue weighted by Crippen LogP contribution is -2.41. The second-order valence-electron chi connectivity index (χ2n) is 7.02. The zero-order valence-electron chi connectivity index (χ0n) is 15.9. The fourth-order valence-electron chi connectivity index (χ4n) is 3.56. The van der Waals surface area contributed by atoms with E-state index < -0.39 is 0 Å². The molecule has 3 aromatic rings. The number of nitrogens with one attached hydrogen (secondary N) is 1. The van der Waals surface area contributed by atoms with Crippen LogP contribution in [0.25, 0.3) is 10.2 Å². The number of aromatic nitrogens is 1. The van der Waals surface area contributed by atoms with E-state index >= 15 is 0 Å². The first-order valence-corrected chi connectivity index (χ1v) is 10.3. The van der Waals surface area contributed by atoms with Gasteiger partial charge in [-0.2, -0.15) is 0 Å². The third-order valence-corrected chi connectivity index (χ3v) is 6.04. The molecule has 3 heterocycles. The van der Waals surface area contributed by atoms with Crippen molar-refractivity contribution < 1.29 is 13.9 Å². The van der Waals surface area contributed by atoms with Crippen molar-refractivity contribution in [2.24, 2.45) is 0 Å². The van der Waals surface area contributed by atoms with Gasteiger partial charge in [-0.1, -0.05) is 18.2 Å². The molecule has 1 amide bonds. The van der Waals surface area contributed by atoms with E-state index in [4.69, 9.17) is 4.74 Å². The first kappa shape index (κ1) is 19.1. The minimum atomic E-state index is -0.255. The van der Waals surface area contributed by atoms with Crippen molar-refractivity contribution >= 4 is 27.5 Å². The second kappa shape index (κ2) is 8.43. The number of hydrogen-bond donors (Lipinski definition) is 1. The van der Waals surface area contributed by atoms with Crippen LogP contribution in [0.5, 0.6) is 0 Å². The Balaban J connectivity index is 1.53. The highest BCUT2D eigenvalue weighted by atomic mass is 32.1. The Kier molecular flexibility index (Phi) is 5.75. The molecule has 148 valence electrons. The number of fused-ring (bicyclic) bond motifs is 1. The average Bonchev–Trinajstić information content (AvgIpc) is 3.21. The average molecular weight is 402 g/mol. The van der Waals surface area contributed by atoms with Gasteiger partial charge in [0.2, 0.25) is 0 Å². The first-order chi connectivity index (χ1) is 13.6. The Morgan fingerprint density at radius 2 is 2.04 bits per heavy atom. The van der Waals surface area contributed by atoms with E-state index in [1.54, 1.807) is 23.5 Å². The number of morpholine rings is 1. The van der Waals surface area contributed by atoms with Gasteiger partial charge in [-0.15, -0.1) is 11.3 Å². The summed E-state index contributed by atoms with van der Waals surface area (Å²) in [7, 11) is 0. The van der Waals surface area contributed by atoms with Gasteiger partial charge in [0.05, 0.1) is 30.0 Å². The highest BCUT2D eigenvalue weighted by molar-refractivity contribution is 7.19. The monoisotopic (exact) mass is 401 g/mol. The molecule has 1 aliphatic heterocycles. The van der Waals surface area contributed by atoms with E-state index in [0.29, 0.717) is 24.3 Å². The number of carbonyl (C=O) groups is 1. The summed E-state index contributed by atoms with van der Waals surface area (Å²) in [6, 6.07) is 10.7. The van der Waals surface area contributed by atoms with Gasteiger partial charge in [0.25, 0.3) is 5.91 Å². The van der Waals surface area contributed by atoms with Crippen LogP contribution in [0.4, 0.5) is 4.39 Å². The minimum absolute atomic E-state index is 0.120. The van der Waals surface area contributed by atoms with Crippen LogP contribution in [0, 0.1) is 12.7 Å². The highest BCUT2D eigenvalue weighted by Gasteiger charge is 2.19. The Hall–Kier alpha value is -2.22. The zero-order chi connectivity index (χ0) is 19.5. The van der Waals surface area contributed by atoms with E-state index in [1.165, 1.54) is 10.9 Å². The van der Waals surface area contributed by atoms with Crippen molar-refractivity contribution in [3.05, 3.63) is 58.3 Å². The molecule has 0 aliphatic carbocycles. The van der Waals surface area contributed by atoms with Crippen LogP contribution < -0.4 is 5.32 Å². The van der Waals surface area contributed by atoms with Gasteiger partial charge in [0, 0.05) is 36.6 Å². The number of halogens is 1. The summed E-state index contributed by atoms with van der Waals surface area (Å²) in [5, 5.41) is 3.02. The molecule has 2 aromatic heterocycles. The Morgan fingerprint density at radius 1 is 1.25 bits per heavy atom. The van der Waals surface area contributed by atoms with Crippen LogP contribution in [0.1, 0.15) is 20.9 Å². The van der Waals surface area contributed by atoms with E-state index in [1.807, 2.05) is 23.6 Å². The van der Waals surface area contributed by atoms with E-state index in [-0.39, 0.29) is 11.7 Å². The van der Waals surface area contributed by atoms with Gasteiger partial charge >= 0.3 is 0 Å². The summed E-state index contributed by atoms with van der Waals surface area (Å²) in [5.74, 6) is -0.374. The summed E-state index contributed by atoms with van der Waals surface area (Å²) in [6.45, 7) is 7.04. The van der Waals surface area contributed by atoms with Crippen LogP contribution >= 0.6 is 11.3 Å². The molecule has 1 aliphatic rings. The topological polar surface area (TPSA) is 46.5 Å². The van der Waals surface area contributed by atoms with E-state index in [9.17, 15) is 9.18 Å². The molecular formula is C21H24FN3O2S. The van der Waals surface area contributed by atoms with Crippen LogP contribution in [0.3, 0.4) is 0 Å². The van der Waals surface area contributed by atoms with Gasteiger partial charge in [-0.05, 0) is 25.1 Å². The normalized spacial score (nSPS) is 15.2. The molecule has 0 spiro atoms. The van der Waals surface area contributed by atoms with Gasteiger partial charge in [-0.25, -0.2) is 4.39 Å². The van der Waals surface area contributed by atoms with Crippen LogP contribution in [-0.4, -0.2) is 54.8 Å². The Morgan fingerprint density at radius 3 is 2.82 bits per heavy atom. The van der Waals surface area contributed by atoms with Crippen LogP contribution in [0.2, 0.25) is 0 Å². The molecular weight excluding hydrogens is 377 g/mol. The van der Waals surface area contributed by atoms with E-state index in [2.05, 4.69) is 16.3 Å². The summed E-state index contributed by atoms with van der Waals surface area (Å²) in [6.07, 6.45) is 0. The van der Waals surface area contributed by atoms with Crippen LogP contribution in [-0.2, 0) is 11.3 Å². The van der Waals surface area contributed by atoms with Gasteiger partial charge in [0.15, 0.2) is 0 Å². The summed E-state index contributed by atoms with van der Waals surface area (Å²) in [4.78, 5) is 16.3. The number of benzene rings is 1. The third-order valence-electron chi connectivity index (χ3n) is 5.05. The second-order valence-corrected chi connectivity index (χ2v) is 8.31. The molecule has 1 saturated heterocycles. The molecule has 0 atom stereocenters. The van der Waals surface area contributed by atoms with Crippen LogP contribution in [0.15, 0.2) is 36.4 Å². The molecule has 1 fully saturated rings. The number of nitrogens with zero attached hydrogens (tertiary/aromatic N) is 2. The van der Waals surface area contributed by atoms with Crippen molar-refractivity contribution in [2.45, 2.75) is 13.5 Å². The SMILES string of the molecule is Cc1cc2c(cc(C(=O)NCCN3CCOCC3)n2Cc2ccccc2F)s1. The Bertz CT molecular complexity index is 975. The number of carbonyl (C=O) groups excluding carboxylic acids is 1. The molecule has 28 heavy (non-hydrogen) atoms. The number of aryl methyl sites for hydroxylation is 1. The largest absolute Gasteiger partial charge is 0.379 e. The van der Waals surface area contributed by atoms with Crippen molar-refractivity contribution in [3.63, 3.8) is 0 Å². The number of hydrogen-bond acceptors (Lipinski definition) is 4. The fraction of sp³-hybridized carbons (Fsp3) is 0.381. The predicted molar refractivity (Wildman–Crippen MR) is 110 cm³/mol. The van der Waals surface area contributed by atoms with Crippen molar-refractivity contribution in [3.8, 4) is 0 Å². The molecule has 0 saturated carbocycles. The maximum absolute atomic E-state index is 14.2. The van der Waals surface area contributed by atoms with Crippen molar-refractivity contribution in [1.29, 1.82) is 0 Å². The van der Waals surface area contributed by atoms with Gasteiger partial charge in [0.1, 0.15) is 11.5 Å². The molecule has 1 N–H and O–H groups in total. The Labute approximate surface area is 167 Å². The fourth-order valence-corrected chi connectivity index (χ4v) is 4.53. The molecule has 4 rings (SSSR count). The van der Waals surface area contributed by atoms with Gasteiger partial charge < -0.3 is 14.6 Å². The van der Waals surface area contributed by atoms with Crippen molar-refractivity contribution in [1.82, 2.24) is 14.8 Å². The van der Waals surface area contributed by atoms with E-state index in [0.717, 1.165) is 43.1 Å². The number of ether oxygens (including phenoxy) is 1. The van der Waals surface area contributed by atoms with Crippen molar-refractivity contribution in [2.75, 3.05) is 39.4 Å². The first-order valence-electron chi connectivity index (χ1n) is 9.53. The minimum Gasteiger partial charge on any atom is -0.379 e. The maximum atomic E-state index is 14.2. The quantitative estimate of drug-likeness (QED) is 0.690. The third kappa shape index (κ3) is 4.11. The lowest BCUT2D eigenvalue weighted by molar-refractivity contribution is 0.0383. The standard InChI is InChI=1S/C21H24FN3O2S/c1-15-12-18-20(28-15)13-19(25(18)14-16-4-2-3-5-17(16)22)21(26)23-6-7-24-8-10-27-11-9-24/h2-5,12-13H,6-11,14H2,1H3,(H,23,26). The molecule has 0 unspecified atom stereocenters. The summed E-state index contributed by atoms with van der Waals surface area (Å²) >= 11 is 1.65. The molecule has 7 heteroatoms. The number of rotatable bonds is 6. The predicted octanol–water partition coefficient (Wildman–Crippen LogP) is 3.26. The molecule has 0 bridgehead atoms. The summed E-state index contributed by atoms with van der Waals surface area (Å²) in [5.41, 5.74) is 2.13. The maximum Gasteiger partial charge on any atom is 0.268 e. The molecule has 5 nitrogen and oxygen atoms in total. The smallest absolute Gasteiger partial charge is 0.268 e. The number of amides is 1. The summed E-state index contributed by atoms with van der Waals surface area (Å²) < 4.78 is 22.5. The lowest BCUT2D eigenvalue weighted by atomic mass is 10.2. The number of thiophene rings is 1. The lowest BCUT2D eigenvalue weighted by Gasteiger charge is -2.26.